The zero-order valence-corrected chi connectivity index (χ0v) is 18.5. The van der Waals surface area contributed by atoms with Crippen molar-refractivity contribution in [1.29, 1.82) is 5.26 Å². The summed E-state index contributed by atoms with van der Waals surface area (Å²) in [6, 6.07) is 8.06. The van der Waals surface area contributed by atoms with Crippen LogP contribution in [-0.4, -0.2) is 46.8 Å². The van der Waals surface area contributed by atoms with Gasteiger partial charge in [-0.3, -0.25) is 14.2 Å². The number of hydrogen-bond donors (Lipinski definition) is 2. The molecule has 0 unspecified atom stereocenters. The Morgan fingerprint density at radius 1 is 1.31 bits per heavy atom. The number of nitriles is 1. The molecule has 0 bridgehead atoms. The van der Waals surface area contributed by atoms with Crippen LogP contribution in [0.25, 0.3) is 10.9 Å². The number of aryl methyl sites for hydroxylation is 2. The molecule has 2 aromatic heterocycles. The van der Waals surface area contributed by atoms with Gasteiger partial charge in [-0.2, -0.15) is 9.57 Å². The van der Waals surface area contributed by atoms with E-state index in [4.69, 9.17) is 5.26 Å². The number of fused-ring (bicyclic) bond motifs is 2. The number of amides is 1. The van der Waals surface area contributed by atoms with Crippen LogP contribution in [0.5, 0.6) is 0 Å². The summed E-state index contributed by atoms with van der Waals surface area (Å²) in [5.41, 5.74) is 1.01. The average Bonchev–Trinajstić information content (AvgIpc) is 3.15. The van der Waals surface area contributed by atoms with Crippen LogP contribution >= 0.6 is 0 Å². The quantitative estimate of drug-likeness (QED) is 0.598. The van der Waals surface area contributed by atoms with E-state index < -0.39 is 22.5 Å². The van der Waals surface area contributed by atoms with E-state index in [-0.39, 0.29) is 22.0 Å². The second kappa shape index (κ2) is 8.22. The van der Waals surface area contributed by atoms with Crippen molar-refractivity contribution in [3.63, 3.8) is 0 Å². The summed E-state index contributed by atoms with van der Waals surface area (Å²) in [4.78, 5) is 31.9. The summed E-state index contributed by atoms with van der Waals surface area (Å²) in [6.45, 7) is 1.89. The summed E-state index contributed by atoms with van der Waals surface area (Å²) in [6.07, 6.45) is 2.48. The molecule has 1 aliphatic heterocycles. The maximum absolute atomic E-state index is 13.2. The molecule has 32 heavy (non-hydrogen) atoms. The third-order valence-electron chi connectivity index (χ3n) is 5.40. The Labute approximate surface area is 184 Å². The molecular formula is C21H22N6O4S. The number of nitrogens with zero attached hydrogens (tertiary/aromatic N) is 4. The molecule has 0 aliphatic carbocycles. The smallest absolute Gasteiger partial charge is 0.255 e. The first kappa shape index (κ1) is 21.7. The summed E-state index contributed by atoms with van der Waals surface area (Å²) < 4.78 is 28.9. The number of carbonyl (C=O) groups is 1. The summed E-state index contributed by atoms with van der Waals surface area (Å²) >= 11 is 0. The maximum atomic E-state index is 13.2. The molecule has 2 N–H and O–H groups in total. The normalized spacial score (nSPS) is 13.7. The van der Waals surface area contributed by atoms with Crippen LogP contribution in [0.1, 0.15) is 29.9 Å². The number of anilines is 1. The van der Waals surface area contributed by atoms with E-state index in [1.54, 1.807) is 23.6 Å². The van der Waals surface area contributed by atoms with E-state index in [2.05, 4.69) is 15.3 Å². The van der Waals surface area contributed by atoms with Gasteiger partial charge in [0.05, 0.1) is 12.1 Å². The number of aromatic amines is 1. The predicted octanol–water partition coefficient (Wildman–Crippen LogP) is 1.50. The molecule has 1 amide bonds. The monoisotopic (exact) mass is 454 g/mol. The van der Waals surface area contributed by atoms with Crippen LogP contribution in [0.3, 0.4) is 0 Å². The number of likely N-dealkylation sites (N-methyl/N-ethyl adjacent to an activating group) is 1. The number of aromatic nitrogens is 3. The highest BCUT2D eigenvalue weighted by Gasteiger charge is 2.27. The molecular weight excluding hydrogens is 432 g/mol. The Morgan fingerprint density at radius 2 is 2.09 bits per heavy atom. The van der Waals surface area contributed by atoms with Crippen molar-refractivity contribution < 1.29 is 13.2 Å². The van der Waals surface area contributed by atoms with Crippen LogP contribution in [0.15, 0.2) is 34.0 Å². The molecule has 3 heterocycles. The third kappa shape index (κ3) is 4.02. The lowest BCUT2D eigenvalue weighted by Crippen LogP contribution is -2.36. The molecule has 0 atom stereocenters. The molecule has 0 radical (unpaired) electrons. The van der Waals surface area contributed by atoms with Gasteiger partial charge in [0.1, 0.15) is 28.3 Å². The van der Waals surface area contributed by atoms with E-state index in [1.807, 2.05) is 6.07 Å². The van der Waals surface area contributed by atoms with Gasteiger partial charge in [0.25, 0.3) is 5.56 Å². The van der Waals surface area contributed by atoms with E-state index >= 15 is 0 Å². The largest absolute Gasteiger partial charge is 0.345 e. The van der Waals surface area contributed by atoms with Gasteiger partial charge in [-0.15, -0.1) is 0 Å². The zero-order chi connectivity index (χ0) is 23.0. The number of rotatable bonds is 5. The molecule has 3 aromatic rings. The summed E-state index contributed by atoms with van der Waals surface area (Å²) in [5.74, 6) is 0.110. The number of hydrogen-bond acceptors (Lipinski definition) is 6. The fourth-order valence-electron chi connectivity index (χ4n) is 3.86. The van der Waals surface area contributed by atoms with E-state index in [0.717, 1.165) is 17.1 Å². The molecule has 1 aliphatic rings. The molecule has 11 heteroatoms. The predicted molar refractivity (Wildman–Crippen MR) is 118 cm³/mol. The molecule has 0 fully saturated rings. The second-order valence-corrected chi connectivity index (χ2v) is 9.85. The minimum Gasteiger partial charge on any atom is -0.345 e. The maximum Gasteiger partial charge on any atom is 0.255 e. The van der Waals surface area contributed by atoms with Crippen molar-refractivity contribution in [1.82, 2.24) is 18.8 Å². The molecule has 166 valence electrons. The van der Waals surface area contributed by atoms with Crippen molar-refractivity contribution in [2.45, 2.75) is 37.6 Å². The van der Waals surface area contributed by atoms with Crippen LogP contribution in [0, 0.1) is 18.3 Å². The fourth-order valence-corrected chi connectivity index (χ4v) is 5.24. The highest BCUT2D eigenvalue weighted by molar-refractivity contribution is 7.89. The fraction of sp³-hybridized carbons (Fsp3) is 0.333. The Hall–Kier alpha value is -3.49. The Morgan fingerprint density at radius 3 is 2.84 bits per heavy atom. The van der Waals surface area contributed by atoms with Crippen LogP contribution in [0.4, 0.5) is 5.82 Å². The van der Waals surface area contributed by atoms with Crippen molar-refractivity contribution >= 4 is 32.7 Å². The highest BCUT2D eigenvalue weighted by atomic mass is 32.2. The van der Waals surface area contributed by atoms with Gasteiger partial charge in [-0.1, -0.05) is 0 Å². The molecule has 0 spiro atoms. The topological polar surface area (TPSA) is 141 Å². The lowest BCUT2D eigenvalue weighted by atomic mass is 10.1. The van der Waals surface area contributed by atoms with Gasteiger partial charge in [0.15, 0.2) is 0 Å². The third-order valence-corrected chi connectivity index (χ3v) is 7.23. The molecule has 0 saturated heterocycles. The number of carbonyl (C=O) groups excluding carboxylic acids is 1. The van der Waals surface area contributed by atoms with E-state index in [0.29, 0.717) is 35.3 Å². The van der Waals surface area contributed by atoms with Gasteiger partial charge in [-0.25, -0.2) is 13.4 Å². The Kier molecular flexibility index (Phi) is 5.58. The lowest BCUT2D eigenvalue weighted by molar-refractivity contribution is -0.116. The minimum atomic E-state index is -4.05. The van der Waals surface area contributed by atoms with Gasteiger partial charge in [0.2, 0.25) is 15.9 Å². The van der Waals surface area contributed by atoms with Gasteiger partial charge in [0, 0.05) is 31.5 Å². The van der Waals surface area contributed by atoms with Crippen molar-refractivity contribution in [2.24, 2.45) is 0 Å². The van der Waals surface area contributed by atoms with Crippen molar-refractivity contribution in [2.75, 3.05) is 18.9 Å². The molecule has 4 rings (SSSR count). The van der Waals surface area contributed by atoms with Crippen LogP contribution < -0.4 is 10.9 Å². The minimum absolute atomic E-state index is 0.0190. The second-order valence-electron chi connectivity index (χ2n) is 7.84. The van der Waals surface area contributed by atoms with Crippen LogP contribution in [-0.2, 0) is 27.8 Å². The first-order valence-corrected chi connectivity index (χ1v) is 11.5. The lowest BCUT2D eigenvalue weighted by Gasteiger charge is -2.19. The number of benzene rings is 1. The number of sulfonamides is 1. The summed E-state index contributed by atoms with van der Waals surface area (Å²) in [7, 11) is -2.75. The molecule has 10 nitrogen and oxygen atoms in total. The van der Waals surface area contributed by atoms with Gasteiger partial charge in [-0.05, 0) is 43.5 Å². The number of nitrogens with one attached hydrogen (secondary N) is 2. The Balaban J connectivity index is 1.57. The van der Waals surface area contributed by atoms with E-state index in [9.17, 15) is 18.0 Å². The molecule has 1 aromatic carbocycles. The van der Waals surface area contributed by atoms with Crippen molar-refractivity contribution in [3.8, 4) is 6.07 Å². The summed E-state index contributed by atoms with van der Waals surface area (Å²) in [5, 5.41) is 12.3. The zero-order valence-electron chi connectivity index (χ0n) is 17.7. The SMILES string of the molecule is Cc1cc(S(=O)(=O)N(C)CC(=O)Nc2cc(=O)n3c(n2)CCCC3)c2[nH]c(C#N)cc2c1. The van der Waals surface area contributed by atoms with Gasteiger partial charge >= 0.3 is 0 Å². The Bertz CT molecular complexity index is 1430. The average molecular weight is 455 g/mol. The van der Waals surface area contributed by atoms with Crippen molar-refractivity contribution in [3.05, 3.63) is 51.7 Å². The number of H-pyrrole nitrogens is 1. The standard InChI is InChI=1S/C21H22N6O4S/c1-13-7-14-9-15(11-22)23-21(14)16(8-13)32(30,31)26(2)12-19(28)25-17-10-20(29)27-6-4-3-5-18(27)24-17/h7-10,23H,3-6,12H2,1-2H3,(H,25,28). The molecule has 0 saturated carbocycles. The van der Waals surface area contributed by atoms with Gasteiger partial charge < -0.3 is 10.3 Å². The first-order chi connectivity index (χ1) is 15.2. The first-order valence-electron chi connectivity index (χ1n) is 10.1. The highest BCUT2D eigenvalue weighted by Crippen LogP contribution is 2.27. The van der Waals surface area contributed by atoms with Crippen LogP contribution in [0.2, 0.25) is 0 Å². The van der Waals surface area contributed by atoms with E-state index in [1.165, 1.54) is 19.2 Å².